The van der Waals surface area contributed by atoms with Crippen molar-refractivity contribution >= 4 is 40.2 Å². The average molecular weight is 747 g/mol. The SMILES string of the molecule is CCn1c(-c2cccnc2[C@H](C)OC)c2c3cc(ccc31)-c1csc(n1)C[C@H](NC(=O)O[C@H](C)COC)C(=O)N1CCC[C@H](N1)C(=O)OCC(C)(C)C2. The van der Waals surface area contributed by atoms with Gasteiger partial charge in [-0.2, -0.15) is 0 Å². The number of ether oxygens (including phenoxy) is 4. The normalized spacial score (nSPS) is 20.4. The standard InChI is InChI=1S/C39H50N6O7S/c1-8-44-32-14-13-25-17-27(32)28(35(44)26-11-9-15-40-34(26)24(3)50-7)19-39(4,5)22-51-37(47)29-12-10-16-45(43-29)36(46)30(18-33-41-31(25)21-53-33)42-38(48)52-23(2)20-49-6/h9,11,13-15,17,21,23-24,29-30,43H,8,10,12,16,18-20,22H2,1-7H3,(H,42,48)/t23-,24+,29+,30+/m1/s1. The summed E-state index contributed by atoms with van der Waals surface area (Å²) in [4.78, 5) is 50.3. The quantitative estimate of drug-likeness (QED) is 0.211. The largest absolute Gasteiger partial charge is 0.464 e. The number of thiazole rings is 1. The van der Waals surface area contributed by atoms with E-state index in [1.54, 1.807) is 20.2 Å². The lowest BCUT2D eigenvalue weighted by molar-refractivity contribution is -0.155. The molecule has 4 aromatic rings. The number of pyridine rings is 1. The number of methoxy groups -OCH3 is 2. The van der Waals surface area contributed by atoms with Crippen molar-refractivity contribution in [2.24, 2.45) is 5.41 Å². The monoisotopic (exact) mass is 746 g/mol. The van der Waals surface area contributed by atoms with Crippen molar-refractivity contribution in [1.29, 1.82) is 0 Å². The summed E-state index contributed by atoms with van der Waals surface area (Å²) in [7, 11) is 3.21. The van der Waals surface area contributed by atoms with E-state index in [1.165, 1.54) is 23.5 Å². The zero-order valence-electron chi connectivity index (χ0n) is 31.6. The molecule has 2 aliphatic heterocycles. The molecule has 1 saturated heterocycles. The van der Waals surface area contributed by atoms with Crippen LogP contribution < -0.4 is 10.7 Å². The molecule has 0 radical (unpaired) electrons. The van der Waals surface area contributed by atoms with Gasteiger partial charge in [-0.1, -0.05) is 19.9 Å². The number of rotatable bonds is 8. The fourth-order valence-electron chi connectivity index (χ4n) is 7.19. The summed E-state index contributed by atoms with van der Waals surface area (Å²) < 4.78 is 24.7. The molecule has 13 nitrogen and oxygen atoms in total. The van der Waals surface area contributed by atoms with E-state index in [1.807, 2.05) is 18.4 Å². The number of esters is 1. The average Bonchev–Trinajstić information content (AvgIpc) is 3.74. The number of aryl methyl sites for hydroxylation is 1. The van der Waals surface area contributed by atoms with Gasteiger partial charge >= 0.3 is 12.1 Å². The van der Waals surface area contributed by atoms with Gasteiger partial charge in [0.1, 0.15) is 18.2 Å². The molecule has 0 aliphatic carbocycles. The Bertz CT molecular complexity index is 1960. The molecular weight excluding hydrogens is 697 g/mol. The van der Waals surface area contributed by atoms with Gasteiger partial charge in [-0.25, -0.2) is 15.2 Å². The first kappa shape index (κ1) is 38.4. The Hall–Kier alpha value is -4.37. The van der Waals surface area contributed by atoms with Gasteiger partial charge in [0.05, 0.1) is 41.4 Å². The molecule has 1 fully saturated rings. The minimum atomic E-state index is -1.00. The van der Waals surface area contributed by atoms with E-state index in [0.717, 1.165) is 51.2 Å². The van der Waals surface area contributed by atoms with Gasteiger partial charge in [-0.15, -0.1) is 11.3 Å². The second-order valence-corrected chi connectivity index (χ2v) is 15.5. The van der Waals surface area contributed by atoms with Crippen LogP contribution in [0.3, 0.4) is 0 Å². The topological polar surface area (TPSA) is 146 Å². The number of nitrogens with zero attached hydrogens (tertiary/aromatic N) is 4. The molecule has 6 bridgehead atoms. The highest BCUT2D eigenvalue weighted by Crippen LogP contribution is 2.42. The molecule has 1 aromatic carbocycles. The number of hydrogen-bond acceptors (Lipinski definition) is 11. The summed E-state index contributed by atoms with van der Waals surface area (Å²) in [5.74, 6) is -0.824. The maximum absolute atomic E-state index is 14.0. The molecule has 53 heavy (non-hydrogen) atoms. The van der Waals surface area contributed by atoms with E-state index in [-0.39, 0.29) is 25.7 Å². The first-order valence-corrected chi connectivity index (χ1v) is 19.1. The molecule has 5 heterocycles. The predicted octanol–water partition coefficient (Wildman–Crippen LogP) is 5.85. The minimum absolute atomic E-state index is 0.129. The number of benzene rings is 1. The van der Waals surface area contributed by atoms with Crippen LogP contribution in [-0.2, 0) is 47.9 Å². The summed E-state index contributed by atoms with van der Waals surface area (Å²) in [5.41, 5.74) is 9.41. The van der Waals surface area contributed by atoms with Crippen LogP contribution in [0.2, 0.25) is 0 Å². The number of hydrogen-bond donors (Lipinski definition) is 2. The molecule has 0 unspecified atom stereocenters. The molecule has 0 saturated carbocycles. The van der Waals surface area contributed by atoms with Gasteiger partial charge in [0, 0.05) is 72.8 Å². The zero-order chi connectivity index (χ0) is 37.9. The molecule has 0 spiro atoms. The summed E-state index contributed by atoms with van der Waals surface area (Å²) in [6.45, 7) is 11.5. The summed E-state index contributed by atoms with van der Waals surface area (Å²) in [5, 5.41) is 7.88. The van der Waals surface area contributed by atoms with Crippen LogP contribution in [0.1, 0.15) is 69.8 Å². The number of aromatic nitrogens is 3. The van der Waals surface area contributed by atoms with Crippen LogP contribution in [0.4, 0.5) is 4.79 Å². The Morgan fingerprint density at radius 2 is 2.02 bits per heavy atom. The highest BCUT2D eigenvalue weighted by atomic mass is 32.1. The lowest BCUT2D eigenvalue weighted by Gasteiger charge is -2.35. The number of nitrogens with one attached hydrogen (secondary N) is 2. The van der Waals surface area contributed by atoms with Crippen molar-refractivity contribution in [3.05, 3.63) is 58.2 Å². The van der Waals surface area contributed by atoms with Crippen molar-refractivity contribution in [2.45, 2.75) is 91.1 Å². The highest BCUT2D eigenvalue weighted by molar-refractivity contribution is 7.10. The number of alkyl carbamates (subject to hydrolysis) is 1. The lowest BCUT2D eigenvalue weighted by atomic mass is 9.84. The maximum atomic E-state index is 14.0. The van der Waals surface area contributed by atoms with Crippen molar-refractivity contribution in [1.82, 2.24) is 30.3 Å². The lowest BCUT2D eigenvalue weighted by Crippen LogP contribution is -2.60. The predicted molar refractivity (Wildman–Crippen MR) is 202 cm³/mol. The summed E-state index contributed by atoms with van der Waals surface area (Å²) >= 11 is 1.42. The third kappa shape index (κ3) is 8.40. The molecule has 3 aromatic heterocycles. The van der Waals surface area contributed by atoms with Crippen LogP contribution in [0.25, 0.3) is 33.4 Å². The minimum Gasteiger partial charge on any atom is -0.464 e. The van der Waals surface area contributed by atoms with Gasteiger partial charge in [-0.05, 0) is 69.9 Å². The van der Waals surface area contributed by atoms with E-state index in [9.17, 15) is 14.4 Å². The van der Waals surface area contributed by atoms with E-state index >= 15 is 0 Å². The van der Waals surface area contributed by atoms with Crippen molar-refractivity contribution in [3.8, 4) is 22.5 Å². The van der Waals surface area contributed by atoms with Gasteiger partial charge < -0.3 is 28.8 Å². The maximum Gasteiger partial charge on any atom is 0.408 e. The third-order valence-corrected chi connectivity index (χ3v) is 10.7. The Labute approximate surface area is 314 Å². The fraction of sp³-hybridized carbons (Fsp3) is 0.513. The van der Waals surface area contributed by atoms with E-state index in [0.29, 0.717) is 30.8 Å². The molecule has 6 rings (SSSR count). The summed E-state index contributed by atoms with van der Waals surface area (Å²) in [6, 6.07) is 8.70. The molecule has 284 valence electrons. The van der Waals surface area contributed by atoms with Crippen LogP contribution in [0.5, 0.6) is 0 Å². The number of carbonyl (C=O) groups excluding carboxylic acids is 3. The van der Waals surface area contributed by atoms with Gasteiger partial charge in [-0.3, -0.25) is 19.6 Å². The van der Waals surface area contributed by atoms with E-state index in [2.05, 4.69) is 60.3 Å². The van der Waals surface area contributed by atoms with Crippen LogP contribution in [0, 0.1) is 5.41 Å². The first-order chi connectivity index (χ1) is 25.4. The fourth-order valence-corrected chi connectivity index (χ4v) is 8.04. The number of fused-ring (bicyclic) bond motifs is 6. The van der Waals surface area contributed by atoms with Crippen molar-refractivity contribution in [2.75, 3.05) is 34.0 Å². The van der Waals surface area contributed by atoms with Gasteiger partial charge in [0.15, 0.2) is 0 Å². The van der Waals surface area contributed by atoms with Crippen LogP contribution >= 0.6 is 11.3 Å². The van der Waals surface area contributed by atoms with Crippen LogP contribution in [0.15, 0.2) is 41.9 Å². The summed E-state index contributed by atoms with van der Waals surface area (Å²) in [6.07, 6.45) is 2.12. The van der Waals surface area contributed by atoms with Crippen LogP contribution in [-0.4, -0.2) is 89.7 Å². The molecule has 4 atom stereocenters. The third-order valence-electron chi connectivity index (χ3n) is 9.84. The Kier molecular flexibility index (Phi) is 11.8. The number of amides is 2. The Balaban J connectivity index is 1.47. The number of hydrazine groups is 1. The van der Waals surface area contributed by atoms with E-state index in [4.69, 9.17) is 28.9 Å². The number of cyclic esters (lactones) is 1. The van der Waals surface area contributed by atoms with E-state index < -0.39 is 41.6 Å². The zero-order valence-corrected chi connectivity index (χ0v) is 32.4. The Morgan fingerprint density at radius 3 is 2.77 bits per heavy atom. The molecule has 2 aliphatic rings. The van der Waals surface area contributed by atoms with Crippen molar-refractivity contribution < 1.29 is 33.3 Å². The first-order valence-electron chi connectivity index (χ1n) is 18.2. The molecule has 2 amide bonds. The second-order valence-electron chi connectivity index (χ2n) is 14.6. The number of carbonyl (C=O) groups is 3. The smallest absolute Gasteiger partial charge is 0.408 e. The molecule has 14 heteroatoms. The Morgan fingerprint density at radius 1 is 1.21 bits per heavy atom. The molecular formula is C39H50N6O7S. The van der Waals surface area contributed by atoms with Gasteiger partial charge in [0.2, 0.25) is 0 Å². The highest BCUT2D eigenvalue weighted by Gasteiger charge is 2.36. The van der Waals surface area contributed by atoms with Gasteiger partial charge in [0.25, 0.3) is 5.91 Å². The second kappa shape index (κ2) is 16.3. The molecule has 2 N–H and O–H groups in total. The van der Waals surface area contributed by atoms with Crippen molar-refractivity contribution in [3.63, 3.8) is 0 Å².